The van der Waals surface area contributed by atoms with Crippen molar-refractivity contribution >= 4 is 23.7 Å². The maximum Gasteiger partial charge on any atom is 0.313 e. The van der Waals surface area contributed by atoms with Gasteiger partial charge in [0.2, 0.25) is 17.7 Å². The summed E-state index contributed by atoms with van der Waals surface area (Å²) in [6.07, 6.45) is 9.70. The van der Waals surface area contributed by atoms with Gasteiger partial charge in [-0.05, 0) is 24.8 Å². The standard InChI is InChI=1S/C33H43N3O7/c1-3-5-11-18-35-19-12-7-10-15-26(38)34-20-25(22-13-8-6-9-14-22)42-32(41)27-24-16-17-33(43-24)28(27)30(39)36(23(4-2)21-37)29(33)31(35)40/h6-9,12-14,16-17,23-25,27-29,37H,3-5,10-11,15,18-21H2,1-2H3,(H,34,38)/b12-7-/t23-,24+,25+,27-,28-,29+,33-/m0/s1. The number of fused-ring (bicyclic) bond motifs is 2. The number of carbonyl (C=O) groups is 4. The van der Waals surface area contributed by atoms with Crippen molar-refractivity contribution in [3.63, 3.8) is 0 Å². The van der Waals surface area contributed by atoms with Gasteiger partial charge in [-0.3, -0.25) is 19.2 Å². The second-order valence-corrected chi connectivity index (χ2v) is 11.8. The van der Waals surface area contributed by atoms with Crippen LogP contribution in [-0.4, -0.2) is 88.6 Å². The zero-order valence-electron chi connectivity index (χ0n) is 25.0. The molecule has 3 amide bonds. The number of esters is 1. The van der Waals surface area contributed by atoms with E-state index in [0.29, 0.717) is 31.5 Å². The molecule has 0 unspecified atom stereocenters. The molecule has 1 spiro atoms. The van der Waals surface area contributed by atoms with Crippen LogP contribution in [0.15, 0.2) is 54.6 Å². The number of likely N-dealkylation sites (tertiary alicyclic amines) is 1. The van der Waals surface area contributed by atoms with Crippen LogP contribution in [0.25, 0.3) is 0 Å². The first-order valence-electron chi connectivity index (χ1n) is 15.6. The predicted octanol–water partition coefficient (Wildman–Crippen LogP) is 2.68. The van der Waals surface area contributed by atoms with Gasteiger partial charge in [0.25, 0.3) is 0 Å². The number of aliphatic hydroxyl groups is 1. The highest BCUT2D eigenvalue weighted by Crippen LogP contribution is 2.56. The number of hydrogen-bond donors (Lipinski definition) is 2. The smallest absolute Gasteiger partial charge is 0.313 e. The Balaban J connectivity index is 1.56. The minimum Gasteiger partial charge on any atom is -0.455 e. The van der Waals surface area contributed by atoms with Crippen molar-refractivity contribution in [3.05, 3.63) is 60.2 Å². The molecule has 1 aromatic rings. The summed E-state index contributed by atoms with van der Waals surface area (Å²) in [5.74, 6) is -3.39. The molecule has 232 valence electrons. The van der Waals surface area contributed by atoms with Crippen molar-refractivity contribution in [2.24, 2.45) is 11.8 Å². The summed E-state index contributed by atoms with van der Waals surface area (Å²) < 4.78 is 12.5. The van der Waals surface area contributed by atoms with Crippen LogP contribution < -0.4 is 5.32 Å². The molecule has 4 aliphatic rings. The van der Waals surface area contributed by atoms with Crippen LogP contribution in [-0.2, 0) is 28.7 Å². The third-order valence-electron chi connectivity index (χ3n) is 9.18. The molecule has 10 heteroatoms. The van der Waals surface area contributed by atoms with Gasteiger partial charge < -0.3 is 29.7 Å². The quantitative estimate of drug-likeness (QED) is 0.270. The van der Waals surface area contributed by atoms with Crippen LogP contribution >= 0.6 is 0 Å². The number of cyclic esters (lactones) is 1. The molecule has 4 aliphatic heterocycles. The summed E-state index contributed by atoms with van der Waals surface area (Å²) in [7, 11) is 0. The average molecular weight is 594 g/mol. The lowest BCUT2D eigenvalue weighted by Crippen LogP contribution is -2.58. The van der Waals surface area contributed by atoms with Gasteiger partial charge in [-0.1, -0.05) is 81.3 Å². The largest absolute Gasteiger partial charge is 0.455 e. The molecule has 4 heterocycles. The molecule has 5 bridgehead atoms. The Labute approximate surface area is 253 Å². The van der Waals surface area contributed by atoms with Crippen LogP contribution in [0, 0.1) is 11.8 Å². The molecule has 2 saturated heterocycles. The van der Waals surface area contributed by atoms with E-state index >= 15 is 0 Å². The first kappa shape index (κ1) is 30.9. The number of carbonyl (C=O) groups excluding carboxylic acids is 4. The lowest BCUT2D eigenvalue weighted by Gasteiger charge is -2.38. The molecule has 2 N–H and O–H groups in total. The van der Waals surface area contributed by atoms with E-state index in [-0.39, 0.29) is 37.3 Å². The summed E-state index contributed by atoms with van der Waals surface area (Å²) >= 11 is 0. The van der Waals surface area contributed by atoms with Crippen molar-refractivity contribution in [3.8, 4) is 0 Å². The van der Waals surface area contributed by atoms with Crippen molar-refractivity contribution in [1.29, 1.82) is 0 Å². The fraction of sp³-hybridized carbons (Fsp3) is 0.576. The van der Waals surface area contributed by atoms with E-state index in [0.717, 1.165) is 19.3 Å². The number of nitrogens with zero attached hydrogens (tertiary/aromatic N) is 2. The van der Waals surface area contributed by atoms with Crippen LogP contribution in [0.1, 0.15) is 64.0 Å². The van der Waals surface area contributed by atoms with Gasteiger partial charge in [0.05, 0.1) is 31.2 Å². The number of aliphatic hydroxyl groups excluding tert-OH is 1. The van der Waals surface area contributed by atoms with E-state index in [2.05, 4.69) is 12.2 Å². The molecule has 0 aliphatic carbocycles. The zero-order chi connectivity index (χ0) is 30.6. The van der Waals surface area contributed by atoms with Gasteiger partial charge in [-0.2, -0.15) is 0 Å². The second-order valence-electron chi connectivity index (χ2n) is 11.8. The van der Waals surface area contributed by atoms with Crippen molar-refractivity contribution in [1.82, 2.24) is 15.1 Å². The summed E-state index contributed by atoms with van der Waals surface area (Å²) in [5, 5.41) is 13.2. The van der Waals surface area contributed by atoms with Gasteiger partial charge in [-0.15, -0.1) is 0 Å². The molecule has 0 radical (unpaired) electrons. The van der Waals surface area contributed by atoms with Gasteiger partial charge >= 0.3 is 5.97 Å². The lowest BCUT2D eigenvalue weighted by atomic mass is 9.74. The highest BCUT2D eigenvalue weighted by Gasteiger charge is 2.74. The van der Waals surface area contributed by atoms with Crippen LogP contribution in [0.2, 0.25) is 0 Å². The van der Waals surface area contributed by atoms with E-state index in [9.17, 15) is 24.3 Å². The maximum atomic E-state index is 14.5. The molecule has 10 nitrogen and oxygen atoms in total. The Hall–Kier alpha value is -3.50. The second kappa shape index (κ2) is 13.4. The fourth-order valence-corrected chi connectivity index (χ4v) is 6.92. The number of hydrogen-bond acceptors (Lipinski definition) is 7. The Morgan fingerprint density at radius 1 is 1.07 bits per heavy atom. The van der Waals surface area contributed by atoms with Gasteiger partial charge in [0, 0.05) is 19.5 Å². The molecule has 7 atom stereocenters. The third kappa shape index (κ3) is 5.87. The van der Waals surface area contributed by atoms with Crippen molar-refractivity contribution in [2.75, 3.05) is 26.2 Å². The van der Waals surface area contributed by atoms with E-state index in [1.54, 1.807) is 17.1 Å². The minimum atomic E-state index is -1.34. The molecule has 1 aromatic carbocycles. The highest BCUT2D eigenvalue weighted by molar-refractivity contribution is 5.99. The lowest BCUT2D eigenvalue weighted by molar-refractivity contribution is -0.160. The van der Waals surface area contributed by atoms with E-state index < -0.39 is 47.7 Å². The third-order valence-corrected chi connectivity index (χ3v) is 9.18. The number of benzene rings is 1. The summed E-state index contributed by atoms with van der Waals surface area (Å²) in [4.78, 5) is 58.6. The summed E-state index contributed by atoms with van der Waals surface area (Å²) in [6, 6.07) is 7.53. The predicted molar refractivity (Wildman–Crippen MR) is 158 cm³/mol. The Morgan fingerprint density at radius 2 is 1.86 bits per heavy atom. The SMILES string of the molecule is CCCCCN1C/C=C\CCC(=O)NC[C@H](c2ccccc2)OC(=O)[C@@H]2[C@H]3C(=O)N([C@@H](CC)CO)[C@H](C1=O)[C@]31C=C[C@H]2O1. The Morgan fingerprint density at radius 3 is 2.58 bits per heavy atom. The first-order valence-corrected chi connectivity index (χ1v) is 15.6. The number of allylic oxidation sites excluding steroid dienone is 1. The number of nitrogens with one attached hydrogen (secondary N) is 1. The minimum absolute atomic E-state index is 0.0804. The Bertz CT molecular complexity index is 1250. The molecule has 0 aromatic heterocycles. The summed E-state index contributed by atoms with van der Waals surface area (Å²) in [6.45, 7) is 4.52. The molecular weight excluding hydrogens is 550 g/mol. The molecule has 2 fully saturated rings. The number of amides is 3. The summed E-state index contributed by atoms with van der Waals surface area (Å²) in [5.41, 5.74) is -0.632. The molecule has 43 heavy (non-hydrogen) atoms. The zero-order valence-corrected chi connectivity index (χ0v) is 25.0. The monoisotopic (exact) mass is 593 g/mol. The van der Waals surface area contributed by atoms with Gasteiger partial charge in [-0.25, -0.2) is 0 Å². The van der Waals surface area contributed by atoms with Crippen molar-refractivity contribution < 1.29 is 33.8 Å². The van der Waals surface area contributed by atoms with Gasteiger partial charge in [0.1, 0.15) is 23.7 Å². The Kier molecular flexibility index (Phi) is 9.66. The topological polar surface area (TPSA) is 125 Å². The van der Waals surface area contributed by atoms with E-state index in [1.807, 2.05) is 49.4 Å². The molecule has 0 saturated carbocycles. The molecular formula is C33H43N3O7. The number of unbranched alkanes of at least 4 members (excludes halogenated alkanes) is 2. The highest BCUT2D eigenvalue weighted by atomic mass is 16.6. The normalized spacial score (nSPS) is 32.5. The number of ether oxygens (including phenoxy) is 2. The van der Waals surface area contributed by atoms with Crippen molar-refractivity contribution in [2.45, 2.75) is 82.3 Å². The average Bonchev–Trinajstić information content (AvgIpc) is 3.66. The fourth-order valence-electron chi connectivity index (χ4n) is 6.92. The van der Waals surface area contributed by atoms with E-state index in [1.165, 1.54) is 4.90 Å². The van der Waals surface area contributed by atoms with Crippen LogP contribution in [0.4, 0.5) is 0 Å². The maximum absolute atomic E-state index is 14.5. The van der Waals surface area contributed by atoms with Gasteiger partial charge in [0.15, 0.2) is 0 Å². The molecule has 5 rings (SSSR count). The number of rotatable bonds is 8. The van der Waals surface area contributed by atoms with Crippen LogP contribution in [0.5, 0.6) is 0 Å². The first-order chi connectivity index (χ1) is 20.9. The van der Waals surface area contributed by atoms with E-state index in [4.69, 9.17) is 9.47 Å². The van der Waals surface area contributed by atoms with Crippen LogP contribution in [0.3, 0.4) is 0 Å².